The Kier molecular flexibility index (Phi) is 24.3. The summed E-state index contributed by atoms with van der Waals surface area (Å²) in [6, 6.07) is 16.5. The van der Waals surface area contributed by atoms with Gasteiger partial charge in [0.2, 0.25) is 23.7 Å². The number of carbonyl (C=O) groups is 7. The lowest BCUT2D eigenvalue weighted by Crippen LogP contribution is -2.53. The van der Waals surface area contributed by atoms with Gasteiger partial charge in [0, 0.05) is 31.6 Å². The summed E-state index contributed by atoms with van der Waals surface area (Å²) in [5, 5.41) is 20.2. The van der Waals surface area contributed by atoms with E-state index >= 15 is 0 Å². The van der Waals surface area contributed by atoms with Gasteiger partial charge in [0.25, 0.3) is 0 Å². The van der Waals surface area contributed by atoms with E-state index in [-0.39, 0.29) is 63.9 Å². The van der Waals surface area contributed by atoms with Gasteiger partial charge in [-0.05, 0) is 154 Å². The minimum atomic E-state index is -1.21. The third kappa shape index (κ3) is 28.5. The molecule has 0 radical (unpaired) electrons. The third-order valence-electron chi connectivity index (χ3n) is 9.90. The van der Waals surface area contributed by atoms with Crippen LogP contribution in [-0.2, 0) is 39.7 Å². The molecule has 0 aliphatic rings. The van der Waals surface area contributed by atoms with Crippen LogP contribution >= 0.6 is 0 Å². The van der Waals surface area contributed by atoms with E-state index in [0.29, 0.717) is 12.1 Å². The summed E-state index contributed by atoms with van der Waals surface area (Å²) >= 11 is 0. The van der Waals surface area contributed by atoms with Crippen molar-refractivity contribution >= 4 is 70.8 Å². The average molecular weight is 1090 g/mol. The van der Waals surface area contributed by atoms with Crippen LogP contribution in [0, 0.1) is 0 Å². The maximum atomic E-state index is 14.5. The molecule has 1 heterocycles. The first kappa shape index (κ1) is 64.7. The van der Waals surface area contributed by atoms with Crippen molar-refractivity contribution in [1.82, 2.24) is 41.8 Å². The zero-order chi connectivity index (χ0) is 58.5. The van der Waals surface area contributed by atoms with Gasteiger partial charge in [-0.1, -0.05) is 48.5 Å². The van der Waals surface area contributed by atoms with E-state index in [9.17, 15) is 33.6 Å². The Labute approximate surface area is 458 Å². The van der Waals surface area contributed by atoms with Crippen LogP contribution in [-0.4, -0.2) is 137 Å². The Balaban J connectivity index is 1.96. The van der Waals surface area contributed by atoms with E-state index < -0.39 is 82.4 Å². The summed E-state index contributed by atoms with van der Waals surface area (Å²) in [7, 11) is 0. The molecule has 3 rings (SSSR count). The van der Waals surface area contributed by atoms with Crippen molar-refractivity contribution in [1.29, 1.82) is 0 Å². The second kappa shape index (κ2) is 29.3. The lowest BCUT2D eigenvalue weighted by molar-refractivity contribution is -0.128. The molecule has 7 N–H and O–H groups in total. The van der Waals surface area contributed by atoms with Gasteiger partial charge in [0.05, 0.1) is 17.4 Å². The van der Waals surface area contributed by atoms with E-state index in [2.05, 4.69) is 52.2 Å². The Bertz CT molecular complexity index is 2480. The molecule has 0 spiro atoms. The van der Waals surface area contributed by atoms with Crippen molar-refractivity contribution < 1.29 is 57.2 Å². The van der Waals surface area contributed by atoms with Crippen LogP contribution in [0.4, 0.5) is 29.7 Å². The number of ether oxygens (including phenoxy) is 5. The molecular formula is C55H83N11O12. The lowest BCUT2D eigenvalue weighted by atomic mass is 10.0. The topological polar surface area (TPSA) is 291 Å². The number of hydrogen-bond acceptors (Lipinski definition) is 14. The van der Waals surface area contributed by atoms with Gasteiger partial charge in [-0.2, -0.15) is 0 Å². The van der Waals surface area contributed by atoms with Gasteiger partial charge in [0.15, 0.2) is 0 Å². The molecule has 0 fully saturated rings. The summed E-state index contributed by atoms with van der Waals surface area (Å²) in [5.74, 6) is -1.66. The molecule has 0 bridgehead atoms. The monoisotopic (exact) mass is 1090 g/mol. The first-order valence-corrected chi connectivity index (χ1v) is 25.9. The molecule has 2 atom stereocenters. The number of amides is 7. The van der Waals surface area contributed by atoms with Gasteiger partial charge in [-0.25, -0.2) is 24.0 Å². The van der Waals surface area contributed by atoms with E-state index in [1.54, 1.807) is 116 Å². The van der Waals surface area contributed by atoms with Gasteiger partial charge >= 0.3 is 30.5 Å². The van der Waals surface area contributed by atoms with Crippen LogP contribution in [0.3, 0.4) is 0 Å². The van der Waals surface area contributed by atoms with Crippen LogP contribution in [0.15, 0.2) is 76.8 Å². The summed E-state index contributed by atoms with van der Waals surface area (Å²) in [5.41, 5.74) is -2.37. The third-order valence-corrected chi connectivity index (χ3v) is 9.90. The number of carbonyl (C=O) groups excluding carboxylic acids is 7. The molecule has 23 heteroatoms. The number of pyridine rings is 1. The standard InChI is InChI=1S/C55H83N11O12/c1-51(2,3)74-46(69)61-40(43(68)60-41(28-27-36-22-17-16-18-23-36)42(67)59-38-34-37-24-19-20-25-39(37)58-35-38)26-21-31-66(32-29-56-44(62-47(70)75-52(4,5)6)63-48(71)76-53(7,8)9)33-30-57-45(64-49(72)77-54(10,11)12)65-50(73)78-55(13,14)15/h16-20,22-25,34-35,40-41H,21,26-33H2,1-15H3,(H,59,67)(H,60,68)(H,61,69)(H2,56,62,63,70,71)(H2,57,64,65,72,73)/t40-,41+/m0/s1. The fourth-order valence-electron chi connectivity index (χ4n) is 6.88. The van der Waals surface area contributed by atoms with Gasteiger partial charge < -0.3 is 50.3 Å². The van der Waals surface area contributed by atoms with Gasteiger partial charge in [-0.15, -0.1) is 9.98 Å². The number of hydrogen-bond donors (Lipinski definition) is 7. The van der Waals surface area contributed by atoms with Crippen LogP contribution in [0.2, 0.25) is 0 Å². The Hall–Kier alpha value is -7.56. The summed E-state index contributed by atoms with van der Waals surface area (Å²) < 4.78 is 27.1. The number of alkyl carbamates (subject to hydrolysis) is 3. The predicted molar refractivity (Wildman–Crippen MR) is 298 cm³/mol. The fourth-order valence-corrected chi connectivity index (χ4v) is 6.88. The molecule has 0 aliphatic carbocycles. The van der Waals surface area contributed by atoms with E-state index in [1.165, 1.54) is 0 Å². The number of anilines is 1. The molecule has 430 valence electrons. The molecule has 3 aromatic rings. The van der Waals surface area contributed by atoms with Crippen LogP contribution in [0.1, 0.15) is 129 Å². The molecule has 0 saturated carbocycles. The van der Waals surface area contributed by atoms with E-state index in [4.69, 9.17) is 23.7 Å². The average Bonchev–Trinajstić information content (AvgIpc) is 3.26. The predicted octanol–water partition coefficient (Wildman–Crippen LogP) is 8.08. The van der Waals surface area contributed by atoms with Crippen molar-refractivity contribution in [3.05, 3.63) is 72.4 Å². The first-order valence-electron chi connectivity index (χ1n) is 25.9. The summed E-state index contributed by atoms with van der Waals surface area (Å²) in [6.07, 6.45) is -2.12. The molecule has 7 amide bonds. The number of guanidine groups is 2. The molecule has 23 nitrogen and oxygen atoms in total. The van der Waals surface area contributed by atoms with E-state index in [1.807, 2.05) is 59.5 Å². The summed E-state index contributed by atoms with van der Waals surface area (Å²) in [6.45, 7) is 25.8. The van der Waals surface area contributed by atoms with Crippen LogP contribution < -0.4 is 37.2 Å². The van der Waals surface area contributed by atoms with Crippen molar-refractivity contribution in [2.75, 3.05) is 38.0 Å². The maximum Gasteiger partial charge on any atom is 0.437 e. The summed E-state index contributed by atoms with van der Waals surface area (Å²) in [4.78, 5) is 108. The van der Waals surface area contributed by atoms with Crippen LogP contribution in [0.5, 0.6) is 0 Å². The van der Waals surface area contributed by atoms with Gasteiger partial charge in [-0.3, -0.25) is 30.1 Å². The Morgan fingerprint density at radius 1 is 0.538 bits per heavy atom. The quantitative estimate of drug-likeness (QED) is 0.0360. The molecule has 78 heavy (non-hydrogen) atoms. The number of benzene rings is 2. The molecule has 2 aromatic carbocycles. The lowest BCUT2D eigenvalue weighted by Gasteiger charge is -2.27. The zero-order valence-corrected chi connectivity index (χ0v) is 48.1. The highest BCUT2D eigenvalue weighted by Gasteiger charge is 2.30. The van der Waals surface area contributed by atoms with Crippen molar-refractivity contribution in [3.63, 3.8) is 0 Å². The highest BCUT2D eigenvalue weighted by atomic mass is 16.6. The second-order valence-electron chi connectivity index (χ2n) is 23.2. The number of para-hydroxylation sites is 1. The van der Waals surface area contributed by atoms with Crippen molar-refractivity contribution in [2.45, 2.75) is 170 Å². The molecule has 0 unspecified atom stereocenters. The second-order valence-corrected chi connectivity index (χ2v) is 23.2. The molecule has 1 aromatic heterocycles. The number of fused-ring (bicyclic) bond motifs is 1. The number of nitrogens with one attached hydrogen (secondary N) is 7. The largest absolute Gasteiger partial charge is 0.444 e. The zero-order valence-electron chi connectivity index (χ0n) is 48.1. The minimum absolute atomic E-state index is 0.0428. The highest BCUT2D eigenvalue weighted by molar-refractivity contribution is 6.00. The number of aliphatic imine (C=N–C) groups is 2. The maximum absolute atomic E-state index is 14.5. The normalized spacial score (nSPS) is 13.3. The highest BCUT2D eigenvalue weighted by Crippen LogP contribution is 2.18. The number of aryl methyl sites for hydroxylation is 1. The molecule has 0 saturated heterocycles. The minimum Gasteiger partial charge on any atom is -0.444 e. The fraction of sp³-hybridized carbons (Fsp3) is 0.564. The van der Waals surface area contributed by atoms with Crippen LogP contribution in [0.25, 0.3) is 10.9 Å². The molecule has 0 aliphatic heterocycles. The number of aromatic nitrogens is 1. The number of rotatable bonds is 18. The number of nitrogens with zero attached hydrogens (tertiary/aromatic N) is 4. The van der Waals surface area contributed by atoms with Crippen molar-refractivity contribution in [3.8, 4) is 0 Å². The van der Waals surface area contributed by atoms with Crippen molar-refractivity contribution in [2.24, 2.45) is 9.98 Å². The first-order chi connectivity index (χ1) is 36.1. The smallest absolute Gasteiger partial charge is 0.437 e. The SMILES string of the molecule is CC(C)(C)OC(=O)N=C(NCCN(CCC[C@H](NC(=O)OC(C)(C)C)C(=O)N[C@H](CCc1ccccc1)C(=O)Nc1cnc2ccccc2c1)CCN/C(=N/C(=O)OC(C)(C)C)NC(=O)OC(C)(C)C)NC(=O)OC(C)(C)C. The van der Waals surface area contributed by atoms with Gasteiger partial charge in [0.1, 0.15) is 40.1 Å². The van der Waals surface area contributed by atoms with E-state index in [0.717, 1.165) is 16.5 Å². The molecular weight excluding hydrogens is 1010 g/mol. The Morgan fingerprint density at radius 3 is 1.50 bits per heavy atom. The Morgan fingerprint density at radius 2 is 1.00 bits per heavy atom.